The standard InChI is InChI=1S/C14H15F3INO/c1-9(10-6-7-10)19(8-14(15,16)17)13(20)11-4-2-3-5-12(11)18/h2-5,9-10H,6-8H2,1H3. The lowest BCUT2D eigenvalue weighted by molar-refractivity contribution is -0.144. The zero-order valence-corrected chi connectivity index (χ0v) is 13.1. The van der Waals surface area contributed by atoms with Crippen LogP contribution >= 0.6 is 22.6 Å². The van der Waals surface area contributed by atoms with Crippen LogP contribution in [-0.4, -0.2) is 29.6 Å². The van der Waals surface area contributed by atoms with Crippen molar-refractivity contribution in [2.75, 3.05) is 6.54 Å². The number of hydrogen-bond acceptors (Lipinski definition) is 1. The summed E-state index contributed by atoms with van der Waals surface area (Å²) in [5.41, 5.74) is 0.338. The minimum atomic E-state index is -4.38. The van der Waals surface area contributed by atoms with Gasteiger partial charge < -0.3 is 4.90 Å². The third kappa shape index (κ3) is 3.86. The van der Waals surface area contributed by atoms with Crippen LogP contribution in [0.1, 0.15) is 30.1 Å². The zero-order valence-electron chi connectivity index (χ0n) is 11.0. The minimum Gasteiger partial charge on any atom is -0.327 e. The molecule has 1 unspecified atom stereocenters. The monoisotopic (exact) mass is 397 g/mol. The van der Waals surface area contributed by atoms with Gasteiger partial charge in [0.2, 0.25) is 0 Å². The molecule has 1 aliphatic carbocycles. The molecule has 1 saturated carbocycles. The predicted octanol–water partition coefficient (Wildman–Crippen LogP) is 4.09. The molecule has 1 amide bonds. The number of carbonyl (C=O) groups excluding carboxylic acids is 1. The lowest BCUT2D eigenvalue weighted by Crippen LogP contribution is -2.45. The molecule has 0 radical (unpaired) electrons. The van der Waals surface area contributed by atoms with Crippen LogP contribution < -0.4 is 0 Å². The van der Waals surface area contributed by atoms with Crippen LogP contribution in [0, 0.1) is 9.49 Å². The Morgan fingerprint density at radius 2 is 2.00 bits per heavy atom. The fourth-order valence-electron chi connectivity index (χ4n) is 2.22. The van der Waals surface area contributed by atoms with E-state index in [4.69, 9.17) is 0 Å². The Labute approximate surface area is 129 Å². The van der Waals surface area contributed by atoms with Gasteiger partial charge in [-0.3, -0.25) is 4.79 Å². The van der Waals surface area contributed by atoms with Gasteiger partial charge in [-0.25, -0.2) is 0 Å². The molecule has 0 spiro atoms. The third-order valence-corrected chi connectivity index (χ3v) is 4.45. The van der Waals surface area contributed by atoms with Crippen molar-refractivity contribution in [2.45, 2.75) is 32.0 Å². The second-order valence-electron chi connectivity index (χ2n) is 5.11. The van der Waals surface area contributed by atoms with E-state index in [2.05, 4.69) is 0 Å². The fourth-order valence-corrected chi connectivity index (χ4v) is 2.83. The number of alkyl halides is 3. The van der Waals surface area contributed by atoms with Crippen LogP contribution in [0.4, 0.5) is 13.2 Å². The molecule has 110 valence electrons. The van der Waals surface area contributed by atoms with Crippen molar-refractivity contribution in [3.63, 3.8) is 0 Å². The number of hydrogen-bond donors (Lipinski definition) is 0. The molecular formula is C14H15F3INO. The third-order valence-electron chi connectivity index (χ3n) is 3.51. The Bertz CT molecular complexity index is 499. The Morgan fingerprint density at radius 1 is 1.40 bits per heavy atom. The molecule has 0 saturated heterocycles. The van der Waals surface area contributed by atoms with E-state index in [1.165, 1.54) is 0 Å². The molecule has 0 N–H and O–H groups in total. The first-order chi connectivity index (χ1) is 9.29. The van der Waals surface area contributed by atoms with Crippen molar-refractivity contribution in [3.05, 3.63) is 33.4 Å². The molecule has 0 bridgehead atoms. The Morgan fingerprint density at radius 3 is 2.50 bits per heavy atom. The van der Waals surface area contributed by atoms with E-state index in [0.29, 0.717) is 9.13 Å². The van der Waals surface area contributed by atoms with Gasteiger partial charge in [-0.1, -0.05) is 12.1 Å². The summed E-state index contributed by atoms with van der Waals surface area (Å²) in [6.07, 6.45) is -2.58. The first-order valence-corrected chi connectivity index (χ1v) is 7.49. The molecule has 20 heavy (non-hydrogen) atoms. The van der Waals surface area contributed by atoms with Gasteiger partial charge in [-0.05, 0) is 60.4 Å². The van der Waals surface area contributed by atoms with E-state index in [9.17, 15) is 18.0 Å². The Kier molecular flexibility index (Phi) is 4.61. The number of amides is 1. The molecule has 0 heterocycles. The summed E-state index contributed by atoms with van der Waals surface area (Å²) >= 11 is 1.97. The summed E-state index contributed by atoms with van der Waals surface area (Å²) in [4.78, 5) is 13.4. The highest BCUT2D eigenvalue weighted by Crippen LogP contribution is 2.36. The summed E-state index contributed by atoms with van der Waals surface area (Å²) in [6.45, 7) is 0.519. The van der Waals surface area contributed by atoms with Crippen molar-refractivity contribution in [3.8, 4) is 0 Å². The highest BCUT2D eigenvalue weighted by atomic mass is 127. The lowest BCUT2D eigenvalue weighted by atomic mass is 10.1. The van der Waals surface area contributed by atoms with Crippen LogP contribution in [0.15, 0.2) is 24.3 Å². The van der Waals surface area contributed by atoms with E-state index in [1.807, 2.05) is 22.6 Å². The summed E-state index contributed by atoms with van der Waals surface area (Å²) in [7, 11) is 0. The fraction of sp³-hybridized carbons (Fsp3) is 0.500. The number of halogens is 4. The zero-order chi connectivity index (χ0) is 14.9. The smallest absolute Gasteiger partial charge is 0.327 e. The molecule has 1 aliphatic rings. The van der Waals surface area contributed by atoms with Gasteiger partial charge in [0.25, 0.3) is 5.91 Å². The minimum absolute atomic E-state index is 0.197. The molecule has 0 aromatic heterocycles. The van der Waals surface area contributed by atoms with Crippen LogP contribution in [0.3, 0.4) is 0 Å². The van der Waals surface area contributed by atoms with E-state index in [1.54, 1.807) is 31.2 Å². The lowest BCUT2D eigenvalue weighted by Gasteiger charge is -2.30. The van der Waals surface area contributed by atoms with Crippen molar-refractivity contribution in [2.24, 2.45) is 5.92 Å². The highest BCUT2D eigenvalue weighted by Gasteiger charge is 2.40. The van der Waals surface area contributed by atoms with Gasteiger partial charge >= 0.3 is 6.18 Å². The van der Waals surface area contributed by atoms with E-state index in [-0.39, 0.29) is 12.0 Å². The highest BCUT2D eigenvalue weighted by molar-refractivity contribution is 14.1. The second kappa shape index (κ2) is 5.91. The molecule has 1 atom stereocenters. The average molecular weight is 397 g/mol. The molecule has 6 heteroatoms. The number of carbonyl (C=O) groups is 1. The maximum Gasteiger partial charge on any atom is 0.406 e. The van der Waals surface area contributed by atoms with Crippen molar-refractivity contribution >= 4 is 28.5 Å². The molecule has 0 aliphatic heterocycles. The average Bonchev–Trinajstić information content (AvgIpc) is 3.18. The summed E-state index contributed by atoms with van der Waals surface area (Å²) in [5, 5.41) is 0. The van der Waals surface area contributed by atoms with Gasteiger partial charge in [-0.2, -0.15) is 13.2 Å². The first kappa shape index (κ1) is 15.6. The number of nitrogens with zero attached hydrogens (tertiary/aromatic N) is 1. The molecular weight excluding hydrogens is 382 g/mol. The Hall–Kier alpha value is -0.790. The van der Waals surface area contributed by atoms with Gasteiger partial charge in [0, 0.05) is 9.61 Å². The molecule has 1 aromatic carbocycles. The second-order valence-corrected chi connectivity index (χ2v) is 6.27. The first-order valence-electron chi connectivity index (χ1n) is 6.42. The maximum absolute atomic E-state index is 12.7. The van der Waals surface area contributed by atoms with Gasteiger partial charge in [0.15, 0.2) is 0 Å². The summed E-state index contributed by atoms with van der Waals surface area (Å²) < 4.78 is 38.9. The van der Waals surface area contributed by atoms with Gasteiger partial charge in [0.1, 0.15) is 6.54 Å². The van der Waals surface area contributed by atoms with E-state index < -0.39 is 18.6 Å². The van der Waals surface area contributed by atoms with Gasteiger partial charge in [0.05, 0.1) is 5.56 Å². The van der Waals surface area contributed by atoms with E-state index in [0.717, 1.165) is 17.7 Å². The molecule has 2 nitrogen and oxygen atoms in total. The quantitative estimate of drug-likeness (QED) is 0.701. The summed E-state index contributed by atoms with van der Waals surface area (Å²) in [6, 6.07) is 6.36. The normalized spacial score (nSPS) is 16.9. The maximum atomic E-state index is 12.7. The number of rotatable bonds is 4. The molecule has 1 aromatic rings. The predicted molar refractivity (Wildman–Crippen MR) is 78.4 cm³/mol. The van der Waals surface area contributed by atoms with Gasteiger partial charge in [-0.15, -0.1) is 0 Å². The van der Waals surface area contributed by atoms with Crippen molar-refractivity contribution < 1.29 is 18.0 Å². The number of benzene rings is 1. The molecule has 2 rings (SSSR count). The van der Waals surface area contributed by atoms with Crippen molar-refractivity contribution in [1.82, 2.24) is 4.90 Å². The van der Waals surface area contributed by atoms with E-state index >= 15 is 0 Å². The van der Waals surface area contributed by atoms with Crippen LogP contribution in [0.25, 0.3) is 0 Å². The van der Waals surface area contributed by atoms with Crippen LogP contribution in [-0.2, 0) is 0 Å². The topological polar surface area (TPSA) is 20.3 Å². The Balaban J connectivity index is 2.25. The largest absolute Gasteiger partial charge is 0.406 e. The molecule has 1 fully saturated rings. The van der Waals surface area contributed by atoms with Crippen molar-refractivity contribution in [1.29, 1.82) is 0 Å². The SMILES string of the molecule is CC(C1CC1)N(CC(F)(F)F)C(=O)c1ccccc1I. The van der Waals surface area contributed by atoms with Crippen LogP contribution in [0.5, 0.6) is 0 Å². The summed E-state index contributed by atoms with van der Waals surface area (Å²) in [5.74, 6) is -0.339. The van der Waals surface area contributed by atoms with Crippen LogP contribution in [0.2, 0.25) is 0 Å².